The number of rotatable bonds is 0. The molecule has 4 nitrogen and oxygen atoms in total. The standard InChI is InChI=1S/4C2HB.2CH4N2/c4*1-2-3;2*2-1-3/h4*1H;2*2-3H,1H2/q;;;;2*-2. The van der Waals surface area contributed by atoms with Crippen LogP contribution in [0.25, 0.3) is 22.9 Å². The second-order valence-corrected chi connectivity index (χ2v) is 1.02. The van der Waals surface area contributed by atoms with E-state index in [9.17, 15) is 0 Å². The highest BCUT2D eigenvalue weighted by Gasteiger charge is 1.15. The van der Waals surface area contributed by atoms with Crippen LogP contribution in [-0.4, -0.2) is 44.7 Å². The van der Waals surface area contributed by atoms with Gasteiger partial charge < -0.3 is 22.9 Å². The Hall–Kier alpha value is -1.66. The Morgan fingerprint density at radius 1 is 0.556 bits per heavy atom. The summed E-state index contributed by atoms with van der Waals surface area (Å²) in [6.07, 6.45) is 17.5. The van der Waals surface area contributed by atoms with Gasteiger partial charge in [0.05, 0.1) is 0 Å². The maximum absolute atomic E-state index is 5.88. The van der Waals surface area contributed by atoms with Gasteiger partial charge in [0.15, 0.2) is 31.4 Å². The minimum absolute atomic E-state index is 0.250. The fraction of sp³-hybridized carbons (Fsp3) is 0.200. The second kappa shape index (κ2) is 167. The predicted molar refractivity (Wildman–Crippen MR) is 85.4 cm³/mol. The molecule has 0 aromatic heterocycles. The molecule has 0 unspecified atom stereocenters. The van der Waals surface area contributed by atoms with Gasteiger partial charge >= 0.3 is 0 Å². The summed E-state index contributed by atoms with van der Waals surface area (Å²) in [6, 6.07) is 0. The van der Waals surface area contributed by atoms with Crippen molar-refractivity contribution in [3.63, 3.8) is 0 Å². The Kier molecular flexibility index (Phi) is 335. The van der Waals surface area contributed by atoms with Crippen molar-refractivity contribution in [2.45, 2.75) is 0 Å². The number of nitrogens with one attached hydrogen (secondary N) is 4. The van der Waals surface area contributed by atoms with Crippen LogP contribution >= 0.6 is 0 Å². The lowest BCUT2D eigenvalue weighted by Crippen LogP contribution is -1.39. The van der Waals surface area contributed by atoms with Crippen LogP contribution in [0.2, 0.25) is 0 Å². The van der Waals surface area contributed by atoms with Crippen molar-refractivity contribution >= 4 is 31.4 Å². The Morgan fingerprint density at radius 2 is 0.556 bits per heavy atom. The maximum Gasteiger partial charge on any atom is 0.187 e. The van der Waals surface area contributed by atoms with Gasteiger partial charge in [0.1, 0.15) is 0 Å². The third-order valence-electron chi connectivity index (χ3n) is 0. The van der Waals surface area contributed by atoms with Gasteiger partial charge in [-0.1, -0.05) is 0 Å². The molecule has 0 spiro atoms. The monoisotopic (exact) mass is 232 g/mol. The minimum atomic E-state index is -0.250. The summed E-state index contributed by atoms with van der Waals surface area (Å²) < 4.78 is 0. The molecule has 0 fully saturated rings. The second-order valence-electron chi connectivity index (χ2n) is 1.02. The SMILES string of the molecule is [B]C#C.[B]C#C.[B]C#C.[B]C#C.[NH-]C[NH-].[NH-]C[NH-]. The van der Waals surface area contributed by atoms with E-state index in [1.807, 2.05) is 0 Å². The molecule has 0 aliphatic rings. The van der Waals surface area contributed by atoms with Crippen molar-refractivity contribution in [2.75, 3.05) is 13.3 Å². The first-order valence-electron chi connectivity index (χ1n) is 3.72. The highest BCUT2D eigenvalue weighted by atomic mass is 14.7. The topological polar surface area (TPSA) is 95.2 Å². The molecule has 8 heteroatoms. The van der Waals surface area contributed by atoms with E-state index in [-0.39, 0.29) is 13.3 Å². The Balaban J connectivity index is -0.0000000240. The van der Waals surface area contributed by atoms with Gasteiger partial charge in [0.2, 0.25) is 0 Å². The maximum atomic E-state index is 5.88. The summed E-state index contributed by atoms with van der Waals surface area (Å²) in [7, 11) is 17.5. The quantitative estimate of drug-likeness (QED) is 0.440. The fourth-order valence-corrected chi connectivity index (χ4v) is 0. The lowest BCUT2D eigenvalue weighted by molar-refractivity contribution is 1.61. The van der Waals surface area contributed by atoms with Gasteiger partial charge in [0, 0.05) is 0 Å². The van der Waals surface area contributed by atoms with Gasteiger partial charge in [-0.25, -0.2) is 0 Å². The van der Waals surface area contributed by atoms with Crippen LogP contribution in [0, 0.1) is 49.0 Å². The summed E-state index contributed by atoms with van der Waals surface area (Å²) in [5.74, 6) is 7.00. The first-order valence-corrected chi connectivity index (χ1v) is 3.72. The molecule has 0 aliphatic heterocycles. The summed E-state index contributed by atoms with van der Waals surface area (Å²) >= 11 is 0. The van der Waals surface area contributed by atoms with Crippen molar-refractivity contribution in [2.24, 2.45) is 0 Å². The highest BCUT2D eigenvalue weighted by molar-refractivity contribution is 6.22. The Labute approximate surface area is 117 Å². The molecule has 0 saturated carbocycles. The summed E-state index contributed by atoms with van der Waals surface area (Å²) in [5.41, 5.74) is 23.5. The molecular weight excluding hydrogens is 219 g/mol. The molecule has 0 heterocycles. The lowest BCUT2D eigenvalue weighted by atomic mass is 10.2. The smallest absolute Gasteiger partial charge is 0.187 e. The van der Waals surface area contributed by atoms with Crippen LogP contribution in [-0.2, 0) is 0 Å². The molecule has 0 amide bonds. The average Bonchev–Trinajstić information content (AvgIpc) is 2.23. The van der Waals surface area contributed by atoms with Gasteiger partial charge in [-0.15, -0.1) is 25.7 Å². The van der Waals surface area contributed by atoms with E-state index in [1.54, 1.807) is 23.3 Å². The van der Waals surface area contributed by atoms with E-state index in [4.69, 9.17) is 22.9 Å². The van der Waals surface area contributed by atoms with E-state index < -0.39 is 0 Å². The largest absolute Gasteiger partial charge is 0.696 e. The number of hydrogen-bond donors (Lipinski definition) is 0. The molecule has 0 rings (SSSR count). The fourth-order valence-electron chi connectivity index (χ4n) is 0. The molecule has 8 radical (unpaired) electrons. The predicted octanol–water partition coefficient (Wildman–Crippen LogP) is 1.08. The van der Waals surface area contributed by atoms with Crippen LogP contribution in [0.5, 0.6) is 0 Å². The van der Waals surface area contributed by atoms with Crippen molar-refractivity contribution in [1.29, 1.82) is 0 Å². The molecule has 18 heavy (non-hydrogen) atoms. The van der Waals surface area contributed by atoms with Crippen molar-refractivity contribution in [3.05, 3.63) is 22.9 Å². The number of terminal acetylenes is 4. The molecular formula is C10H12B4N4-4. The van der Waals surface area contributed by atoms with E-state index in [0.29, 0.717) is 0 Å². The lowest BCUT2D eigenvalue weighted by Gasteiger charge is -1.91. The molecule has 4 N–H and O–H groups in total. The average molecular weight is 231 g/mol. The highest BCUT2D eigenvalue weighted by Crippen LogP contribution is 1.48. The molecule has 0 atom stereocenters. The van der Waals surface area contributed by atoms with Crippen LogP contribution in [0.1, 0.15) is 0 Å². The van der Waals surface area contributed by atoms with Crippen LogP contribution in [0.4, 0.5) is 0 Å². The van der Waals surface area contributed by atoms with Crippen molar-refractivity contribution in [1.82, 2.24) is 0 Å². The van der Waals surface area contributed by atoms with Gasteiger partial charge in [0.25, 0.3) is 0 Å². The van der Waals surface area contributed by atoms with E-state index in [1.165, 1.54) is 0 Å². The van der Waals surface area contributed by atoms with E-state index in [0.717, 1.165) is 0 Å². The first kappa shape index (κ1) is 36.0. The molecule has 0 aromatic carbocycles. The van der Waals surface area contributed by atoms with Crippen LogP contribution in [0.15, 0.2) is 0 Å². The van der Waals surface area contributed by atoms with Crippen molar-refractivity contribution in [3.8, 4) is 49.0 Å². The zero-order valence-electron chi connectivity index (χ0n) is 10.0. The van der Waals surface area contributed by atoms with Crippen LogP contribution < -0.4 is 0 Å². The minimum Gasteiger partial charge on any atom is -0.696 e. The third-order valence-corrected chi connectivity index (χ3v) is 0. The first-order chi connectivity index (χ1) is 8.49. The van der Waals surface area contributed by atoms with Gasteiger partial charge in [-0.05, 0) is 0 Å². The molecule has 0 aromatic rings. The Bertz CT molecular complexity index is 182. The molecule has 88 valence electrons. The zero-order valence-corrected chi connectivity index (χ0v) is 10.0. The third kappa shape index (κ3) is 926. The van der Waals surface area contributed by atoms with Gasteiger partial charge in [-0.2, -0.15) is 23.3 Å². The zero-order chi connectivity index (χ0) is 16.2. The van der Waals surface area contributed by atoms with E-state index in [2.05, 4.69) is 57.1 Å². The molecule has 0 aliphatic carbocycles. The normalized spacial score (nSPS) is 3.56. The van der Waals surface area contributed by atoms with E-state index >= 15 is 0 Å². The van der Waals surface area contributed by atoms with Crippen LogP contribution in [0.3, 0.4) is 0 Å². The number of hydrogen-bond acceptors (Lipinski definition) is 0. The summed E-state index contributed by atoms with van der Waals surface area (Å²) in [4.78, 5) is 0. The summed E-state index contributed by atoms with van der Waals surface area (Å²) in [5, 5.41) is 0. The van der Waals surface area contributed by atoms with Crippen molar-refractivity contribution < 1.29 is 0 Å². The molecule has 0 saturated heterocycles. The molecule has 0 bridgehead atoms. The summed E-state index contributed by atoms with van der Waals surface area (Å²) in [6.45, 7) is -0.500. The van der Waals surface area contributed by atoms with Gasteiger partial charge in [-0.3, -0.25) is 13.3 Å². The Morgan fingerprint density at radius 3 is 0.556 bits per heavy atom.